The third-order valence-electron chi connectivity index (χ3n) is 2.42. The van der Waals surface area contributed by atoms with Crippen LogP contribution < -0.4 is 4.72 Å². The first kappa shape index (κ1) is 15.6. The second-order valence-corrected chi connectivity index (χ2v) is 7.10. The van der Waals surface area contributed by atoms with E-state index in [-0.39, 0.29) is 11.5 Å². The van der Waals surface area contributed by atoms with Crippen molar-refractivity contribution in [1.82, 2.24) is 4.72 Å². The zero-order valence-electron chi connectivity index (χ0n) is 10.4. The van der Waals surface area contributed by atoms with Crippen LogP contribution in [-0.4, -0.2) is 26.2 Å². The summed E-state index contributed by atoms with van der Waals surface area (Å²) < 4.78 is 27.3. The van der Waals surface area contributed by atoms with Gasteiger partial charge in [0.25, 0.3) is 0 Å². The van der Waals surface area contributed by atoms with Crippen molar-refractivity contribution in [1.29, 1.82) is 0 Å². The fraction of sp³-hybridized carbons (Fsp3) is 0.500. The molecule has 1 aromatic carbocycles. The quantitative estimate of drug-likeness (QED) is 0.836. The highest BCUT2D eigenvalue weighted by Gasteiger charge is 2.22. The third-order valence-corrected chi connectivity index (χ3v) is 4.96. The Kier molecular flexibility index (Phi) is 5.78. The van der Waals surface area contributed by atoms with Gasteiger partial charge < -0.3 is 5.11 Å². The maximum atomic E-state index is 12.2. The lowest BCUT2D eigenvalue weighted by atomic mass is 10.1. The summed E-state index contributed by atoms with van der Waals surface area (Å²) in [4.78, 5) is 0.187. The fourth-order valence-corrected chi connectivity index (χ4v) is 3.92. The molecule has 6 heteroatoms. The predicted molar refractivity (Wildman–Crippen MR) is 74.8 cm³/mol. The number of hydrogen-bond acceptors (Lipinski definition) is 3. The van der Waals surface area contributed by atoms with E-state index in [1.54, 1.807) is 18.2 Å². The molecule has 0 aliphatic carbocycles. The maximum Gasteiger partial charge on any atom is 0.242 e. The zero-order chi connectivity index (χ0) is 13.8. The van der Waals surface area contributed by atoms with Crippen molar-refractivity contribution >= 4 is 26.0 Å². The van der Waals surface area contributed by atoms with Gasteiger partial charge in [-0.05, 0) is 40.4 Å². The molecule has 102 valence electrons. The van der Waals surface area contributed by atoms with Gasteiger partial charge in [-0.25, -0.2) is 13.1 Å². The molecule has 0 saturated carbocycles. The van der Waals surface area contributed by atoms with Gasteiger partial charge in [0.05, 0.1) is 11.5 Å². The van der Waals surface area contributed by atoms with Crippen molar-refractivity contribution in [2.45, 2.75) is 31.2 Å². The Labute approximate surface area is 117 Å². The molecule has 0 radical (unpaired) electrons. The normalized spacial score (nSPS) is 13.8. The maximum absolute atomic E-state index is 12.2. The van der Waals surface area contributed by atoms with E-state index < -0.39 is 16.1 Å². The zero-order valence-corrected chi connectivity index (χ0v) is 12.8. The van der Waals surface area contributed by atoms with Crippen molar-refractivity contribution in [2.75, 3.05) is 6.61 Å². The largest absolute Gasteiger partial charge is 0.395 e. The molecule has 0 fully saturated rings. The van der Waals surface area contributed by atoms with Gasteiger partial charge in [0.1, 0.15) is 0 Å². The Hall–Kier alpha value is -0.430. The number of aliphatic hydroxyl groups is 1. The van der Waals surface area contributed by atoms with Crippen LogP contribution in [0.25, 0.3) is 0 Å². The first-order valence-electron chi connectivity index (χ1n) is 5.74. The number of benzene rings is 1. The van der Waals surface area contributed by atoms with Gasteiger partial charge in [0.15, 0.2) is 0 Å². The smallest absolute Gasteiger partial charge is 0.242 e. The summed E-state index contributed by atoms with van der Waals surface area (Å²) in [6.07, 6.45) is 0.597. The van der Waals surface area contributed by atoms with E-state index in [0.29, 0.717) is 16.8 Å². The molecule has 2 N–H and O–H groups in total. The lowest BCUT2D eigenvalue weighted by Crippen LogP contribution is -2.38. The summed E-state index contributed by atoms with van der Waals surface area (Å²) in [7, 11) is -3.60. The van der Waals surface area contributed by atoms with E-state index in [1.165, 1.54) is 6.07 Å². The highest BCUT2D eigenvalue weighted by atomic mass is 79.9. The summed E-state index contributed by atoms with van der Waals surface area (Å²) in [5.41, 5.74) is 0. The Morgan fingerprint density at radius 1 is 1.33 bits per heavy atom. The molecule has 0 bridgehead atoms. The van der Waals surface area contributed by atoms with Gasteiger partial charge in [-0.15, -0.1) is 0 Å². The van der Waals surface area contributed by atoms with E-state index in [1.807, 2.05) is 13.8 Å². The van der Waals surface area contributed by atoms with Crippen LogP contribution in [0.15, 0.2) is 33.6 Å². The standard InChI is InChI=1S/C12H18BrNO3S/c1-9(2)7-10(8-15)14-18(16,17)12-6-4-3-5-11(12)13/h3-6,9-10,14-15H,7-8H2,1-2H3/t10-/m0/s1. The Morgan fingerprint density at radius 2 is 1.94 bits per heavy atom. The number of sulfonamides is 1. The number of aliphatic hydroxyl groups excluding tert-OH is 1. The molecular formula is C12H18BrNO3S. The van der Waals surface area contributed by atoms with E-state index in [0.717, 1.165) is 0 Å². The third kappa shape index (κ3) is 4.35. The number of rotatable bonds is 6. The molecule has 0 spiro atoms. The van der Waals surface area contributed by atoms with Crippen LogP contribution in [0.2, 0.25) is 0 Å². The summed E-state index contributed by atoms with van der Waals surface area (Å²) >= 11 is 3.21. The second-order valence-electron chi connectivity index (χ2n) is 4.56. The predicted octanol–water partition coefficient (Wildman–Crippen LogP) is 2.13. The summed E-state index contributed by atoms with van der Waals surface area (Å²) in [5, 5.41) is 9.22. The van der Waals surface area contributed by atoms with Gasteiger partial charge in [0.2, 0.25) is 10.0 Å². The molecule has 1 atom stereocenters. The summed E-state index contributed by atoms with van der Waals surface area (Å²) in [5.74, 6) is 0.309. The summed E-state index contributed by atoms with van der Waals surface area (Å²) in [6.45, 7) is 3.76. The molecule has 0 amide bonds. The van der Waals surface area contributed by atoms with Crippen LogP contribution in [0.5, 0.6) is 0 Å². The number of nitrogens with one attached hydrogen (secondary N) is 1. The Balaban J connectivity index is 2.91. The van der Waals surface area contributed by atoms with Crippen LogP contribution in [0.4, 0.5) is 0 Å². The molecule has 1 aromatic rings. The Bertz CT molecular complexity index is 488. The van der Waals surface area contributed by atoms with Crippen molar-refractivity contribution in [2.24, 2.45) is 5.92 Å². The molecule has 0 saturated heterocycles. The minimum Gasteiger partial charge on any atom is -0.395 e. The fourth-order valence-electron chi connectivity index (χ4n) is 1.67. The molecule has 0 heterocycles. The van der Waals surface area contributed by atoms with E-state index in [4.69, 9.17) is 0 Å². The van der Waals surface area contributed by atoms with Gasteiger partial charge in [-0.1, -0.05) is 26.0 Å². The molecule has 18 heavy (non-hydrogen) atoms. The van der Waals surface area contributed by atoms with Crippen LogP contribution >= 0.6 is 15.9 Å². The van der Waals surface area contributed by atoms with Crippen LogP contribution in [0.3, 0.4) is 0 Å². The minimum absolute atomic E-state index is 0.187. The van der Waals surface area contributed by atoms with Gasteiger partial charge in [-0.3, -0.25) is 0 Å². The molecule has 0 aliphatic heterocycles. The first-order chi connectivity index (χ1) is 8.36. The lowest BCUT2D eigenvalue weighted by Gasteiger charge is -2.18. The average Bonchev–Trinajstić information content (AvgIpc) is 2.27. The molecule has 4 nitrogen and oxygen atoms in total. The first-order valence-corrected chi connectivity index (χ1v) is 8.02. The molecule has 0 aliphatic rings. The SMILES string of the molecule is CC(C)C[C@@H](CO)NS(=O)(=O)c1ccccc1Br. The summed E-state index contributed by atoms with van der Waals surface area (Å²) in [6, 6.07) is 6.15. The van der Waals surface area contributed by atoms with Gasteiger partial charge >= 0.3 is 0 Å². The van der Waals surface area contributed by atoms with Crippen molar-refractivity contribution in [3.63, 3.8) is 0 Å². The van der Waals surface area contributed by atoms with Crippen LogP contribution in [0, 0.1) is 5.92 Å². The number of halogens is 1. The highest BCUT2D eigenvalue weighted by molar-refractivity contribution is 9.10. The Morgan fingerprint density at radius 3 is 2.44 bits per heavy atom. The van der Waals surface area contributed by atoms with E-state index >= 15 is 0 Å². The van der Waals surface area contributed by atoms with Gasteiger partial charge in [0, 0.05) is 10.5 Å². The van der Waals surface area contributed by atoms with E-state index in [2.05, 4.69) is 20.7 Å². The van der Waals surface area contributed by atoms with Crippen LogP contribution in [-0.2, 0) is 10.0 Å². The van der Waals surface area contributed by atoms with Gasteiger partial charge in [-0.2, -0.15) is 0 Å². The van der Waals surface area contributed by atoms with Crippen molar-refractivity contribution in [3.8, 4) is 0 Å². The lowest BCUT2D eigenvalue weighted by molar-refractivity contribution is 0.240. The van der Waals surface area contributed by atoms with Crippen molar-refractivity contribution in [3.05, 3.63) is 28.7 Å². The minimum atomic E-state index is -3.60. The van der Waals surface area contributed by atoms with Crippen LogP contribution in [0.1, 0.15) is 20.3 Å². The average molecular weight is 336 g/mol. The number of hydrogen-bond donors (Lipinski definition) is 2. The topological polar surface area (TPSA) is 66.4 Å². The molecular weight excluding hydrogens is 318 g/mol. The molecule has 0 unspecified atom stereocenters. The molecule has 1 rings (SSSR count). The monoisotopic (exact) mass is 335 g/mol. The van der Waals surface area contributed by atoms with E-state index in [9.17, 15) is 13.5 Å². The second kappa shape index (κ2) is 6.65. The highest BCUT2D eigenvalue weighted by Crippen LogP contribution is 2.21. The van der Waals surface area contributed by atoms with Crippen molar-refractivity contribution < 1.29 is 13.5 Å². The molecule has 0 aromatic heterocycles.